The van der Waals surface area contributed by atoms with Gasteiger partial charge in [0.2, 0.25) is 5.91 Å². The molecule has 1 heterocycles. The van der Waals surface area contributed by atoms with Gasteiger partial charge in [-0.05, 0) is 61.5 Å². The molecule has 1 amide bonds. The summed E-state index contributed by atoms with van der Waals surface area (Å²) in [6, 6.07) is 8.28. The molecule has 5 rings (SSSR count). The molecule has 3 saturated carbocycles. The fraction of sp³-hybridized carbons (Fsp3) is 0.611. The number of carbonyl (C=O) groups is 1. The van der Waals surface area contributed by atoms with Crippen LogP contribution in [0.2, 0.25) is 0 Å². The number of hydrogen-bond donors (Lipinski definition) is 1. The predicted octanol–water partition coefficient (Wildman–Crippen LogP) is 3.13. The van der Waals surface area contributed by atoms with Gasteiger partial charge in [-0.3, -0.25) is 4.79 Å². The maximum absolute atomic E-state index is 13.1. The van der Waals surface area contributed by atoms with Crippen molar-refractivity contribution in [3.05, 3.63) is 24.3 Å². The number of carbonyl (C=O) groups excluding carboxylic acids is 1. The summed E-state index contributed by atoms with van der Waals surface area (Å²) in [6.07, 6.45) is 5.22. The minimum atomic E-state index is 0.349. The van der Waals surface area contributed by atoms with Gasteiger partial charge in [-0.2, -0.15) is 0 Å². The first-order chi connectivity index (χ1) is 10.3. The Morgan fingerprint density at radius 2 is 1.90 bits per heavy atom. The number of amides is 1. The second-order valence-electron chi connectivity index (χ2n) is 7.30. The number of benzene rings is 1. The van der Waals surface area contributed by atoms with Crippen molar-refractivity contribution in [2.24, 2.45) is 29.6 Å². The number of nitrogens with one attached hydrogen (secondary N) is 1. The second kappa shape index (κ2) is 4.25. The highest BCUT2D eigenvalue weighted by atomic mass is 16.2. The fourth-order valence-corrected chi connectivity index (χ4v) is 5.50. The van der Waals surface area contributed by atoms with E-state index in [1.165, 1.54) is 19.3 Å². The Kier molecular flexibility index (Phi) is 2.44. The summed E-state index contributed by atoms with van der Waals surface area (Å²) in [7, 11) is 0. The molecular weight excluding hydrogens is 260 g/mol. The van der Waals surface area contributed by atoms with Crippen molar-refractivity contribution >= 4 is 17.3 Å². The number of fused-ring (bicyclic) bond motifs is 6. The second-order valence-corrected chi connectivity index (χ2v) is 7.30. The number of hydrogen-bond acceptors (Lipinski definition) is 2. The Bertz CT molecular complexity index is 583. The highest BCUT2D eigenvalue weighted by molar-refractivity contribution is 6.00. The molecule has 0 aromatic heterocycles. The van der Waals surface area contributed by atoms with Crippen LogP contribution in [-0.2, 0) is 4.79 Å². The smallest absolute Gasteiger partial charge is 0.230 e. The Hall–Kier alpha value is -1.51. The lowest BCUT2D eigenvalue weighted by atomic mass is 10.0. The first-order valence-electron chi connectivity index (χ1n) is 8.49. The SMILES string of the molecule is O=C(C1C2C3CCC(C3)C12)N1CCCNc2ccccc21. The highest BCUT2D eigenvalue weighted by Gasteiger charge is 2.68. The van der Waals surface area contributed by atoms with E-state index in [4.69, 9.17) is 0 Å². The lowest BCUT2D eigenvalue weighted by Crippen LogP contribution is -2.34. The molecule has 21 heavy (non-hydrogen) atoms. The minimum absolute atomic E-state index is 0.349. The largest absolute Gasteiger partial charge is 0.383 e. The molecule has 1 aliphatic heterocycles. The molecule has 4 aliphatic rings. The number of nitrogens with zero attached hydrogens (tertiary/aromatic N) is 1. The monoisotopic (exact) mass is 282 g/mol. The molecule has 1 N–H and O–H groups in total. The standard InChI is InChI=1S/C18H22N2O/c21-18(17-15-11-6-7-12(10-11)16(15)17)20-9-3-8-19-13-4-1-2-5-14(13)20/h1-2,4-5,11-12,15-17,19H,3,6-10H2. The van der Waals surface area contributed by atoms with Crippen molar-refractivity contribution in [3.63, 3.8) is 0 Å². The van der Waals surface area contributed by atoms with E-state index in [9.17, 15) is 4.79 Å². The zero-order chi connectivity index (χ0) is 14.0. The summed E-state index contributed by atoms with van der Waals surface area (Å²) in [6.45, 7) is 1.83. The van der Waals surface area contributed by atoms with Crippen LogP contribution in [0.25, 0.3) is 0 Å². The first-order valence-corrected chi connectivity index (χ1v) is 8.49. The Morgan fingerprint density at radius 3 is 2.71 bits per heavy atom. The van der Waals surface area contributed by atoms with Crippen LogP contribution in [0, 0.1) is 29.6 Å². The van der Waals surface area contributed by atoms with Gasteiger partial charge in [0.25, 0.3) is 0 Å². The van der Waals surface area contributed by atoms with Crippen LogP contribution in [0.1, 0.15) is 25.7 Å². The normalized spacial score (nSPS) is 39.2. The van der Waals surface area contributed by atoms with Crippen molar-refractivity contribution in [1.82, 2.24) is 0 Å². The first kappa shape index (κ1) is 12.1. The van der Waals surface area contributed by atoms with E-state index >= 15 is 0 Å². The zero-order valence-corrected chi connectivity index (χ0v) is 12.3. The van der Waals surface area contributed by atoms with Crippen LogP contribution >= 0.6 is 0 Å². The Morgan fingerprint density at radius 1 is 1.14 bits per heavy atom. The van der Waals surface area contributed by atoms with Crippen molar-refractivity contribution in [3.8, 4) is 0 Å². The summed E-state index contributed by atoms with van der Waals surface area (Å²) < 4.78 is 0. The van der Waals surface area contributed by atoms with Gasteiger partial charge in [-0.15, -0.1) is 0 Å². The van der Waals surface area contributed by atoms with E-state index in [-0.39, 0.29) is 0 Å². The predicted molar refractivity (Wildman–Crippen MR) is 83.2 cm³/mol. The third-order valence-corrected chi connectivity index (χ3v) is 6.36. The Labute approximate surface area is 125 Å². The number of anilines is 2. The molecule has 0 saturated heterocycles. The molecule has 4 atom stereocenters. The quantitative estimate of drug-likeness (QED) is 0.858. The topological polar surface area (TPSA) is 32.3 Å². The summed E-state index contributed by atoms with van der Waals surface area (Å²) in [5, 5.41) is 3.46. The highest BCUT2D eigenvalue weighted by Crippen LogP contribution is 2.69. The van der Waals surface area contributed by atoms with Crippen molar-refractivity contribution in [1.29, 1.82) is 0 Å². The minimum Gasteiger partial charge on any atom is -0.383 e. The summed E-state index contributed by atoms with van der Waals surface area (Å²) in [4.78, 5) is 15.2. The fourth-order valence-electron chi connectivity index (χ4n) is 5.50. The average Bonchev–Trinajstić information content (AvgIpc) is 3.06. The van der Waals surface area contributed by atoms with Crippen molar-refractivity contribution in [2.75, 3.05) is 23.3 Å². The van der Waals surface area contributed by atoms with Gasteiger partial charge in [0.05, 0.1) is 11.4 Å². The summed E-state index contributed by atoms with van der Waals surface area (Å²) in [5.41, 5.74) is 2.22. The third kappa shape index (κ3) is 1.63. The molecule has 3 nitrogen and oxygen atoms in total. The average molecular weight is 282 g/mol. The maximum Gasteiger partial charge on any atom is 0.230 e. The molecule has 3 fully saturated rings. The van der Waals surface area contributed by atoms with E-state index in [2.05, 4.69) is 22.3 Å². The van der Waals surface area contributed by atoms with Crippen LogP contribution in [0.4, 0.5) is 11.4 Å². The molecule has 3 heteroatoms. The van der Waals surface area contributed by atoms with Crippen LogP contribution < -0.4 is 10.2 Å². The maximum atomic E-state index is 13.1. The zero-order valence-electron chi connectivity index (χ0n) is 12.3. The van der Waals surface area contributed by atoms with E-state index < -0.39 is 0 Å². The van der Waals surface area contributed by atoms with Crippen molar-refractivity contribution < 1.29 is 4.79 Å². The van der Waals surface area contributed by atoms with Crippen LogP contribution in [0.5, 0.6) is 0 Å². The number of rotatable bonds is 1. The number of para-hydroxylation sites is 2. The molecular formula is C18H22N2O. The van der Waals surface area contributed by atoms with Gasteiger partial charge in [-0.1, -0.05) is 12.1 Å². The Balaban J connectivity index is 1.44. The molecule has 4 unspecified atom stereocenters. The van der Waals surface area contributed by atoms with Gasteiger partial charge in [0.1, 0.15) is 0 Å². The van der Waals surface area contributed by atoms with Gasteiger partial charge in [-0.25, -0.2) is 0 Å². The van der Waals surface area contributed by atoms with Gasteiger partial charge >= 0.3 is 0 Å². The third-order valence-electron chi connectivity index (χ3n) is 6.36. The van der Waals surface area contributed by atoms with E-state index in [0.29, 0.717) is 11.8 Å². The molecule has 110 valence electrons. The van der Waals surface area contributed by atoms with Crippen LogP contribution in [0.15, 0.2) is 24.3 Å². The van der Waals surface area contributed by atoms with Crippen LogP contribution in [-0.4, -0.2) is 19.0 Å². The van der Waals surface area contributed by atoms with E-state index in [1.807, 2.05) is 12.1 Å². The lowest BCUT2D eigenvalue weighted by molar-refractivity contribution is -0.120. The van der Waals surface area contributed by atoms with Crippen molar-refractivity contribution in [2.45, 2.75) is 25.7 Å². The lowest BCUT2D eigenvalue weighted by Gasteiger charge is -2.24. The van der Waals surface area contributed by atoms with Gasteiger partial charge < -0.3 is 10.2 Å². The molecule has 0 radical (unpaired) electrons. The molecule has 3 aliphatic carbocycles. The van der Waals surface area contributed by atoms with E-state index in [0.717, 1.165) is 54.6 Å². The van der Waals surface area contributed by atoms with Crippen LogP contribution in [0.3, 0.4) is 0 Å². The molecule has 1 aromatic rings. The molecule has 2 bridgehead atoms. The summed E-state index contributed by atoms with van der Waals surface area (Å²) in [5.74, 6) is 3.97. The molecule has 0 spiro atoms. The van der Waals surface area contributed by atoms with Gasteiger partial charge in [0.15, 0.2) is 0 Å². The van der Waals surface area contributed by atoms with Gasteiger partial charge in [0, 0.05) is 19.0 Å². The summed E-state index contributed by atoms with van der Waals surface area (Å²) >= 11 is 0. The molecule has 1 aromatic carbocycles. The van der Waals surface area contributed by atoms with E-state index in [1.54, 1.807) is 0 Å².